The third-order valence-corrected chi connectivity index (χ3v) is 4.65. The zero-order valence-electron chi connectivity index (χ0n) is 13.0. The maximum absolute atomic E-state index is 13.1. The van der Waals surface area contributed by atoms with E-state index < -0.39 is 5.41 Å². The quantitative estimate of drug-likeness (QED) is 0.605. The second-order valence-corrected chi connectivity index (χ2v) is 6.39. The summed E-state index contributed by atoms with van der Waals surface area (Å²) in [5.41, 5.74) is 5.36. The average Bonchev–Trinajstić information content (AvgIpc) is 2.65. The number of ether oxygens (including phenoxy) is 1. The maximum Gasteiger partial charge on any atom is 0.235 e. The van der Waals surface area contributed by atoms with E-state index in [1.807, 2.05) is 18.7 Å². The topological polar surface area (TPSA) is 55.6 Å². The van der Waals surface area contributed by atoms with Crippen molar-refractivity contribution >= 4 is 23.1 Å². The molecule has 0 spiro atoms. The van der Waals surface area contributed by atoms with Gasteiger partial charge >= 0.3 is 0 Å². The Morgan fingerprint density at radius 2 is 1.85 bits per heavy atom. The Hall–Kier alpha value is -0.680. The molecule has 1 aliphatic rings. The summed E-state index contributed by atoms with van der Waals surface area (Å²) in [5.74, 6) is 0.0963. The molecule has 0 radical (unpaired) electrons. The fourth-order valence-corrected chi connectivity index (χ4v) is 3.25. The Kier molecular flexibility index (Phi) is 6.89. The van der Waals surface area contributed by atoms with Crippen LogP contribution in [-0.4, -0.2) is 42.1 Å². The summed E-state index contributed by atoms with van der Waals surface area (Å²) in [4.78, 5) is 15.3. The first kappa shape index (κ1) is 17.4. The molecule has 0 aliphatic heterocycles. The van der Waals surface area contributed by atoms with Crippen LogP contribution in [0.25, 0.3) is 0 Å². The number of hydrogen-bond acceptors (Lipinski definition) is 3. The first-order chi connectivity index (χ1) is 9.45. The molecule has 116 valence electrons. The van der Waals surface area contributed by atoms with Gasteiger partial charge in [0.2, 0.25) is 5.91 Å². The van der Waals surface area contributed by atoms with Crippen LogP contribution in [0.3, 0.4) is 0 Å². The largest absolute Gasteiger partial charge is 0.392 e. The second-order valence-electron chi connectivity index (χ2n) is 5.95. The highest BCUT2D eigenvalue weighted by atomic mass is 32.1. The molecule has 0 aromatic rings. The molecule has 1 amide bonds. The fraction of sp³-hybridized carbons (Fsp3) is 0.867. The SMILES string of the molecule is COCCN(C(=O)C1(C(N)=S)CCCCCC1)C(C)C. The third-order valence-electron chi connectivity index (χ3n) is 4.26. The summed E-state index contributed by atoms with van der Waals surface area (Å²) in [6, 6.07) is 0.132. The van der Waals surface area contributed by atoms with Crippen LogP contribution in [0, 0.1) is 5.41 Å². The van der Waals surface area contributed by atoms with Crippen molar-refractivity contribution in [2.45, 2.75) is 58.4 Å². The Bertz CT molecular complexity index is 337. The highest BCUT2D eigenvalue weighted by molar-refractivity contribution is 7.80. The summed E-state index contributed by atoms with van der Waals surface area (Å²) in [5, 5.41) is 0. The fourth-order valence-electron chi connectivity index (χ4n) is 2.96. The van der Waals surface area contributed by atoms with Crippen LogP contribution in [0.4, 0.5) is 0 Å². The minimum Gasteiger partial charge on any atom is -0.392 e. The number of thiocarbonyl (C=S) groups is 1. The van der Waals surface area contributed by atoms with Gasteiger partial charge in [-0.3, -0.25) is 4.79 Å². The molecule has 1 rings (SSSR count). The molecular formula is C15H28N2O2S. The summed E-state index contributed by atoms with van der Waals surface area (Å²) >= 11 is 5.28. The highest BCUT2D eigenvalue weighted by Gasteiger charge is 2.44. The van der Waals surface area contributed by atoms with Crippen molar-refractivity contribution in [2.75, 3.05) is 20.3 Å². The predicted molar refractivity (Wildman–Crippen MR) is 85.6 cm³/mol. The molecule has 2 N–H and O–H groups in total. The van der Waals surface area contributed by atoms with Crippen LogP contribution in [0.2, 0.25) is 0 Å². The van der Waals surface area contributed by atoms with Gasteiger partial charge in [0.15, 0.2) is 0 Å². The molecule has 5 heteroatoms. The van der Waals surface area contributed by atoms with E-state index in [1.54, 1.807) is 7.11 Å². The van der Waals surface area contributed by atoms with Crippen LogP contribution < -0.4 is 5.73 Å². The molecule has 4 nitrogen and oxygen atoms in total. The molecule has 0 saturated heterocycles. The minimum absolute atomic E-state index is 0.0963. The highest BCUT2D eigenvalue weighted by Crippen LogP contribution is 2.37. The van der Waals surface area contributed by atoms with E-state index in [0.29, 0.717) is 18.1 Å². The number of carbonyl (C=O) groups is 1. The van der Waals surface area contributed by atoms with Crippen molar-refractivity contribution < 1.29 is 9.53 Å². The average molecular weight is 300 g/mol. The van der Waals surface area contributed by atoms with Gasteiger partial charge in [-0.15, -0.1) is 0 Å². The lowest BCUT2D eigenvalue weighted by atomic mass is 9.78. The summed E-state index contributed by atoms with van der Waals surface area (Å²) < 4.78 is 5.12. The zero-order valence-corrected chi connectivity index (χ0v) is 13.8. The van der Waals surface area contributed by atoms with Crippen molar-refractivity contribution in [3.63, 3.8) is 0 Å². The Morgan fingerprint density at radius 3 is 2.25 bits per heavy atom. The molecule has 20 heavy (non-hydrogen) atoms. The van der Waals surface area contributed by atoms with E-state index in [4.69, 9.17) is 22.7 Å². The first-order valence-corrected chi connectivity index (χ1v) is 7.96. The van der Waals surface area contributed by atoms with E-state index in [1.165, 1.54) is 0 Å². The number of rotatable bonds is 6. The van der Waals surface area contributed by atoms with Gasteiger partial charge in [0.05, 0.1) is 17.0 Å². The second kappa shape index (κ2) is 7.93. The molecule has 0 atom stereocenters. The molecule has 0 aromatic carbocycles. The monoisotopic (exact) mass is 300 g/mol. The number of hydrogen-bond donors (Lipinski definition) is 1. The van der Waals surface area contributed by atoms with Gasteiger partial charge in [0.25, 0.3) is 0 Å². The molecular weight excluding hydrogens is 272 g/mol. The lowest BCUT2D eigenvalue weighted by molar-refractivity contribution is -0.141. The number of amides is 1. The standard InChI is InChI=1S/C15H28N2O2S/c1-12(2)17(10-11-19-3)14(18)15(13(16)20)8-6-4-5-7-9-15/h12H,4-11H2,1-3H3,(H2,16,20). The van der Waals surface area contributed by atoms with Crippen molar-refractivity contribution in [3.8, 4) is 0 Å². The van der Waals surface area contributed by atoms with E-state index >= 15 is 0 Å². The smallest absolute Gasteiger partial charge is 0.235 e. The number of carbonyl (C=O) groups excluding carboxylic acids is 1. The zero-order chi connectivity index (χ0) is 15.2. The normalized spacial score (nSPS) is 18.6. The van der Waals surface area contributed by atoms with E-state index in [2.05, 4.69) is 0 Å². The molecule has 1 aliphatic carbocycles. The van der Waals surface area contributed by atoms with Crippen LogP contribution in [0.1, 0.15) is 52.4 Å². The molecule has 1 fully saturated rings. The van der Waals surface area contributed by atoms with Gasteiger partial charge in [-0.2, -0.15) is 0 Å². The minimum atomic E-state index is -0.635. The van der Waals surface area contributed by atoms with Crippen LogP contribution in [0.5, 0.6) is 0 Å². The van der Waals surface area contributed by atoms with Gasteiger partial charge in [-0.1, -0.05) is 37.9 Å². The van der Waals surface area contributed by atoms with Crippen molar-refractivity contribution in [3.05, 3.63) is 0 Å². The van der Waals surface area contributed by atoms with Crippen LogP contribution in [0.15, 0.2) is 0 Å². The Balaban J connectivity index is 2.98. The Labute approximate surface area is 128 Å². The maximum atomic E-state index is 13.1. The molecule has 0 heterocycles. The van der Waals surface area contributed by atoms with Crippen LogP contribution in [-0.2, 0) is 9.53 Å². The van der Waals surface area contributed by atoms with Crippen molar-refractivity contribution in [1.29, 1.82) is 0 Å². The van der Waals surface area contributed by atoms with E-state index in [9.17, 15) is 4.79 Å². The first-order valence-electron chi connectivity index (χ1n) is 7.55. The predicted octanol–water partition coefficient (Wildman–Crippen LogP) is 2.50. The van der Waals surface area contributed by atoms with Gasteiger partial charge in [-0.05, 0) is 26.7 Å². The molecule has 0 bridgehead atoms. The van der Waals surface area contributed by atoms with E-state index in [0.717, 1.165) is 38.5 Å². The lowest BCUT2D eigenvalue weighted by Gasteiger charge is -2.38. The summed E-state index contributed by atoms with van der Waals surface area (Å²) in [6.45, 7) is 5.18. The summed E-state index contributed by atoms with van der Waals surface area (Å²) in [7, 11) is 1.65. The number of methoxy groups -OCH3 is 1. The van der Waals surface area contributed by atoms with Crippen LogP contribution >= 0.6 is 12.2 Å². The third kappa shape index (κ3) is 3.92. The van der Waals surface area contributed by atoms with Gasteiger partial charge < -0.3 is 15.4 Å². The van der Waals surface area contributed by atoms with Gasteiger partial charge in [-0.25, -0.2) is 0 Å². The van der Waals surface area contributed by atoms with Gasteiger partial charge in [0.1, 0.15) is 0 Å². The van der Waals surface area contributed by atoms with Crippen molar-refractivity contribution in [1.82, 2.24) is 4.90 Å². The molecule has 0 unspecified atom stereocenters. The molecule has 0 aromatic heterocycles. The molecule has 1 saturated carbocycles. The van der Waals surface area contributed by atoms with Gasteiger partial charge in [0, 0.05) is 19.7 Å². The number of nitrogens with two attached hydrogens (primary N) is 1. The lowest BCUT2D eigenvalue weighted by Crippen LogP contribution is -2.53. The summed E-state index contributed by atoms with van der Waals surface area (Å²) in [6.07, 6.45) is 5.96. The number of nitrogens with zero attached hydrogens (tertiary/aromatic N) is 1. The Morgan fingerprint density at radius 1 is 1.30 bits per heavy atom. The van der Waals surface area contributed by atoms with E-state index in [-0.39, 0.29) is 11.9 Å². The van der Waals surface area contributed by atoms with Crippen molar-refractivity contribution in [2.24, 2.45) is 11.1 Å².